The number of amides is 1. The molecule has 0 aromatic heterocycles. The van der Waals surface area contributed by atoms with Crippen LogP contribution in [0.1, 0.15) is 10.4 Å². The normalized spacial score (nSPS) is 10.0. The van der Waals surface area contributed by atoms with E-state index in [4.69, 9.17) is 0 Å². The van der Waals surface area contributed by atoms with Crippen LogP contribution in [0.2, 0.25) is 0 Å². The highest BCUT2D eigenvalue weighted by Gasteiger charge is 2.16. The summed E-state index contributed by atoms with van der Waals surface area (Å²) in [6.45, 7) is 0. The first-order chi connectivity index (χ1) is 8.18. The smallest absolute Gasteiger partial charge is 0.266 e. The van der Waals surface area contributed by atoms with Gasteiger partial charge in [-0.15, -0.1) is 5.12 Å². The standard InChI is InChI=1S/C13H9F2NO/c14-11-6-8-12(9-7-11)16(15)13(17)10-4-2-1-3-5-10/h1-9H. The third-order valence-corrected chi connectivity index (χ3v) is 2.25. The maximum absolute atomic E-state index is 13.7. The van der Waals surface area contributed by atoms with Gasteiger partial charge in [0.2, 0.25) is 0 Å². The number of nitrogens with zero attached hydrogens (tertiary/aromatic N) is 1. The molecule has 0 unspecified atom stereocenters. The van der Waals surface area contributed by atoms with E-state index in [9.17, 15) is 13.7 Å². The van der Waals surface area contributed by atoms with Crippen molar-refractivity contribution in [3.05, 3.63) is 66.0 Å². The molecule has 0 fully saturated rings. The van der Waals surface area contributed by atoms with Gasteiger partial charge in [-0.3, -0.25) is 4.79 Å². The molecule has 0 aliphatic heterocycles. The molecule has 0 atom stereocenters. The number of hydrogen-bond donors (Lipinski definition) is 0. The van der Waals surface area contributed by atoms with Crippen molar-refractivity contribution in [1.29, 1.82) is 0 Å². The summed E-state index contributed by atoms with van der Waals surface area (Å²) in [6.07, 6.45) is 0. The van der Waals surface area contributed by atoms with Crippen molar-refractivity contribution in [2.24, 2.45) is 0 Å². The van der Waals surface area contributed by atoms with E-state index in [-0.39, 0.29) is 16.4 Å². The zero-order valence-corrected chi connectivity index (χ0v) is 8.81. The molecule has 0 spiro atoms. The Morgan fingerprint density at radius 3 is 2.12 bits per heavy atom. The molecule has 2 aromatic rings. The third-order valence-electron chi connectivity index (χ3n) is 2.25. The summed E-state index contributed by atoms with van der Waals surface area (Å²) in [5.74, 6) is -1.26. The second-order valence-corrected chi connectivity index (χ2v) is 3.43. The molecular formula is C13H9F2NO. The summed E-state index contributed by atoms with van der Waals surface area (Å²) in [6, 6.07) is 12.7. The first-order valence-electron chi connectivity index (χ1n) is 4.99. The Hall–Kier alpha value is -2.23. The Balaban J connectivity index is 2.23. The molecule has 0 N–H and O–H groups in total. The number of carbonyl (C=O) groups is 1. The molecule has 2 nitrogen and oxygen atoms in total. The molecule has 0 saturated carbocycles. The van der Waals surface area contributed by atoms with Crippen molar-refractivity contribution in [3.63, 3.8) is 0 Å². The van der Waals surface area contributed by atoms with Crippen molar-refractivity contribution in [2.45, 2.75) is 0 Å². The molecule has 86 valence electrons. The molecular weight excluding hydrogens is 224 g/mol. The number of halogens is 2. The average molecular weight is 233 g/mol. The maximum atomic E-state index is 13.7. The number of carbonyl (C=O) groups excluding carboxylic acids is 1. The van der Waals surface area contributed by atoms with Crippen LogP contribution in [-0.4, -0.2) is 5.91 Å². The lowest BCUT2D eigenvalue weighted by molar-refractivity contribution is 0.0931. The lowest BCUT2D eigenvalue weighted by Gasteiger charge is -2.11. The van der Waals surface area contributed by atoms with E-state index in [1.807, 2.05) is 0 Å². The summed E-state index contributed by atoms with van der Waals surface area (Å²) < 4.78 is 26.4. The SMILES string of the molecule is O=C(c1ccccc1)N(F)c1ccc(F)cc1. The van der Waals surface area contributed by atoms with Gasteiger partial charge in [0.1, 0.15) is 5.82 Å². The lowest BCUT2D eigenvalue weighted by Crippen LogP contribution is -2.21. The second-order valence-electron chi connectivity index (χ2n) is 3.43. The van der Waals surface area contributed by atoms with Gasteiger partial charge in [0.15, 0.2) is 0 Å². The van der Waals surface area contributed by atoms with Crippen molar-refractivity contribution in [1.82, 2.24) is 0 Å². The van der Waals surface area contributed by atoms with E-state index in [1.165, 1.54) is 24.3 Å². The quantitative estimate of drug-likeness (QED) is 0.728. The minimum absolute atomic E-state index is 0.000234. The van der Waals surface area contributed by atoms with Gasteiger partial charge >= 0.3 is 0 Å². The van der Waals surface area contributed by atoms with Crippen LogP contribution >= 0.6 is 0 Å². The van der Waals surface area contributed by atoms with Gasteiger partial charge in [-0.1, -0.05) is 22.7 Å². The average Bonchev–Trinajstić information content (AvgIpc) is 2.39. The predicted octanol–water partition coefficient (Wildman–Crippen LogP) is 3.36. The van der Waals surface area contributed by atoms with Crippen LogP contribution in [0.5, 0.6) is 0 Å². The van der Waals surface area contributed by atoms with Crippen molar-refractivity contribution in [3.8, 4) is 0 Å². The molecule has 0 radical (unpaired) electrons. The third kappa shape index (κ3) is 2.47. The second kappa shape index (κ2) is 4.74. The largest absolute Gasteiger partial charge is 0.286 e. The van der Waals surface area contributed by atoms with Crippen LogP contribution in [0.4, 0.5) is 14.6 Å². The summed E-state index contributed by atoms with van der Waals surface area (Å²) in [5, 5.41) is -0.00519. The highest BCUT2D eigenvalue weighted by atomic mass is 19.2. The van der Waals surface area contributed by atoms with Crippen molar-refractivity contribution < 1.29 is 13.7 Å². The fourth-order valence-electron chi connectivity index (χ4n) is 1.38. The van der Waals surface area contributed by atoms with E-state index < -0.39 is 11.7 Å². The molecule has 0 bridgehead atoms. The van der Waals surface area contributed by atoms with Crippen LogP contribution < -0.4 is 5.12 Å². The van der Waals surface area contributed by atoms with Crippen LogP contribution in [-0.2, 0) is 0 Å². The Morgan fingerprint density at radius 2 is 1.53 bits per heavy atom. The highest BCUT2D eigenvalue weighted by Crippen LogP contribution is 2.18. The van der Waals surface area contributed by atoms with Gasteiger partial charge in [-0.05, 0) is 36.4 Å². The minimum Gasteiger partial charge on any atom is -0.266 e. The Kier molecular flexibility index (Phi) is 3.14. The first-order valence-corrected chi connectivity index (χ1v) is 4.99. The summed E-state index contributed by atoms with van der Waals surface area (Å²) in [4.78, 5) is 11.7. The van der Waals surface area contributed by atoms with E-state index in [0.29, 0.717) is 0 Å². The lowest BCUT2D eigenvalue weighted by atomic mass is 10.2. The molecule has 17 heavy (non-hydrogen) atoms. The fraction of sp³-hybridized carbons (Fsp3) is 0. The van der Waals surface area contributed by atoms with Gasteiger partial charge in [0, 0.05) is 5.56 Å². The van der Waals surface area contributed by atoms with Crippen molar-refractivity contribution >= 4 is 11.6 Å². The number of rotatable bonds is 2. The molecule has 4 heteroatoms. The van der Waals surface area contributed by atoms with Gasteiger partial charge < -0.3 is 0 Å². The molecule has 0 saturated heterocycles. The van der Waals surface area contributed by atoms with Gasteiger partial charge in [-0.25, -0.2) is 4.39 Å². The van der Waals surface area contributed by atoms with E-state index in [1.54, 1.807) is 18.2 Å². The van der Waals surface area contributed by atoms with Crippen molar-refractivity contribution in [2.75, 3.05) is 5.12 Å². The maximum Gasteiger partial charge on any atom is 0.286 e. The molecule has 1 amide bonds. The number of anilines is 1. The first kappa shape index (κ1) is 11.3. The van der Waals surface area contributed by atoms with E-state index in [0.717, 1.165) is 12.1 Å². The Morgan fingerprint density at radius 1 is 0.941 bits per heavy atom. The van der Waals surface area contributed by atoms with E-state index in [2.05, 4.69) is 0 Å². The molecule has 2 aromatic carbocycles. The van der Waals surface area contributed by atoms with Gasteiger partial charge in [0.05, 0.1) is 5.69 Å². The summed E-state index contributed by atoms with van der Waals surface area (Å²) in [7, 11) is 0. The minimum atomic E-state index is -0.780. The zero-order valence-electron chi connectivity index (χ0n) is 8.81. The van der Waals surface area contributed by atoms with Crippen LogP contribution in [0.3, 0.4) is 0 Å². The van der Waals surface area contributed by atoms with Gasteiger partial charge in [-0.2, -0.15) is 0 Å². The van der Waals surface area contributed by atoms with Crippen LogP contribution in [0.15, 0.2) is 54.6 Å². The molecule has 2 rings (SSSR count). The van der Waals surface area contributed by atoms with Crippen LogP contribution in [0, 0.1) is 5.82 Å². The fourth-order valence-corrected chi connectivity index (χ4v) is 1.38. The summed E-state index contributed by atoms with van der Waals surface area (Å²) >= 11 is 0. The monoisotopic (exact) mass is 233 g/mol. The Labute approximate surface area is 97.0 Å². The topological polar surface area (TPSA) is 20.3 Å². The number of benzene rings is 2. The number of hydrogen-bond acceptors (Lipinski definition) is 1. The molecule has 0 aliphatic carbocycles. The van der Waals surface area contributed by atoms with Crippen LogP contribution in [0.25, 0.3) is 0 Å². The predicted molar refractivity (Wildman–Crippen MR) is 60.8 cm³/mol. The highest BCUT2D eigenvalue weighted by molar-refractivity contribution is 6.04. The van der Waals surface area contributed by atoms with E-state index >= 15 is 0 Å². The van der Waals surface area contributed by atoms with Gasteiger partial charge in [0.25, 0.3) is 5.91 Å². The zero-order chi connectivity index (χ0) is 12.3. The Bertz CT molecular complexity index is 511. The summed E-state index contributed by atoms with van der Waals surface area (Å²) in [5.41, 5.74) is 0.236. The molecule has 0 aliphatic rings. The molecule has 0 heterocycles.